The van der Waals surface area contributed by atoms with E-state index in [1.165, 1.54) is 4.57 Å². The van der Waals surface area contributed by atoms with Gasteiger partial charge in [0.2, 0.25) is 0 Å². The van der Waals surface area contributed by atoms with Gasteiger partial charge in [-0.2, -0.15) is 0 Å². The molecule has 5 N–H and O–H groups in total. The monoisotopic (exact) mass is 362 g/mol. The van der Waals surface area contributed by atoms with Crippen LogP contribution in [-0.2, 0) is 4.74 Å². The molecule has 0 unspecified atom stereocenters. The van der Waals surface area contributed by atoms with E-state index in [-0.39, 0.29) is 15.9 Å². The Morgan fingerprint density at radius 2 is 2.00 bits per heavy atom. The minimum Gasteiger partial charge on any atom is -0.394 e. The number of nitrogens with zero attached hydrogens (tertiary/aromatic N) is 2. The standard InChI is InChI=1S/C10H11BrN4O6/c11-9-12-3-6(13-10(20)14-7(3)19)15(9)8-5(18)4(17)2(1-16)21-8/h2,4-5,8,16-18H,1H2,(H2,13,14,19,20)/t2-,4+,5+,8-/m1/s1. The fourth-order valence-electron chi connectivity index (χ4n) is 2.31. The molecule has 10 nitrogen and oxygen atoms in total. The van der Waals surface area contributed by atoms with Crippen LogP contribution in [0, 0.1) is 0 Å². The average Bonchev–Trinajstić information content (AvgIpc) is 2.89. The maximum absolute atomic E-state index is 11.7. The molecule has 0 aromatic carbocycles. The normalized spacial score (nSPS) is 29.3. The summed E-state index contributed by atoms with van der Waals surface area (Å²) in [6.07, 6.45) is -4.77. The number of halogens is 1. The molecule has 0 amide bonds. The summed E-state index contributed by atoms with van der Waals surface area (Å²) in [5.74, 6) is 0. The molecule has 0 bridgehead atoms. The SMILES string of the molecule is O=c1[nH]c(=O)c2nc(Br)n([C@@H]3O[C@H](CO)[C@H](O)[C@@H]3O)c2[nH]1. The minimum absolute atomic E-state index is 0.0328. The van der Waals surface area contributed by atoms with Gasteiger partial charge in [-0.3, -0.25) is 19.3 Å². The second-order valence-electron chi connectivity index (χ2n) is 4.59. The predicted octanol–water partition coefficient (Wildman–Crippen LogP) is -2.21. The molecular formula is C10H11BrN4O6. The second-order valence-corrected chi connectivity index (χ2v) is 5.29. The van der Waals surface area contributed by atoms with Gasteiger partial charge in [0.15, 0.2) is 22.1 Å². The first-order chi connectivity index (χ1) is 9.93. The molecule has 4 atom stereocenters. The number of H-pyrrole nitrogens is 2. The Morgan fingerprint density at radius 1 is 1.29 bits per heavy atom. The fourth-order valence-corrected chi connectivity index (χ4v) is 2.87. The summed E-state index contributed by atoms with van der Waals surface area (Å²) in [5, 5.41) is 28.9. The molecule has 1 aliphatic rings. The molecule has 0 spiro atoms. The lowest BCUT2D eigenvalue weighted by atomic mass is 10.1. The summed E-state index contributed by atoms with van der Waals surface area (Å²) in [4.78, 5) is 31.4. The maximum atomic E-state index is 11.7. The number of ether oxygens (including phenoxy) is 1. The third-order valence-electron chi connectivity index (χ3n) is 3.31. The highest BCUT2D eigenvalue weighted by Crippen LogP contribution is 2.33. The molecule has 2 aromatic heterocycles. The van der Waals surface area contributed by atoms with Gasteiger partial charge >= 0.3 is 5.69 Å². The van der Waals surface area contributed by atoms with Gasteiger partial charge in [-0.15, -0.1) is 0 Å². The number of aromatic amines is 2. The Bertz CT molecular complexity index is 797. The topological polar surface area (TPSA) is 153 Å². The highest BCUT2D eigenvalue weighted by molar-refractivity contribution is 9.10. The van der Waals surface area contributed by atoms with Gasteiger partial charge in [0.25, 0.3) is 5.56 Å². The van der Waals surface area contributed by atoms with Crippen molar-refractivity contribution >= 4 is 27.1 Å². The van der Waals surface area contributed by atoms with E-state index < -0.39 is 42.4 Å². The van der Waals surface area contributed by atoms with Crippen LogP contribution >= 0.6 is 15.9 Å². The van der Waals surface area contributed by atoms with Crippen LogP contribution in [0.1, 0.15) is 6.23 Å². The largest absolute Gasteiger partial charge is 0.394 e. The van der Waals surface area contributed by atoms with Crippen molar-refractivity contribution in [1.82, 2.24) is 19.5 Å². The van der Waals surface area contributed by atoms with E-state index in [0.29, 0.717) is 0 Å². The zero-order chi connectivity index (χ0) is 15.3. The van der Waals surface area contributed by atoms with Crippen molar-refractivity contribution in [2.75, 3.05) is 6.61 Å². The van der Waals surface area contributed by atoms with Crippen LogP contribution in [0.3, 0.4) is 0 Å². The molecule has 1 aliphatic heterocycles. The van der Waals surface area contributed by atoms with Crippen LogP contribution in [0.15, 0.2) is 14.3 Å². The molecule has 1 fully saturated rings. The summed E-state index contributed by atoms with van der Waals surface area (Å²) >= 11 is 3.11. The van der Waals surface area contributed by atoms with Crippen molar-refractivity contribution in [2.45, 2.75) is 24.5 Å². The second kappa shape index (κ2) is 5.03. The molecule has 21 heavy (non-hydrogen) atoms. The molecule has 3 heterocycles. The van der Waals surface area contributed by atoms with Gasteiger partial charge < -0.3 is 20.1 Å². The van der Waals surface area contributed by atoms with E-state index in [9.17, 15) is 19.8 Å². The third kappa shape index (κ3) is 2.13. The Balaban J connectivity index is 2.19. The number of aliphatic hydroxyl groups is 3. The summed E-state index contributed by atoms with van der Waals surface area (Å²) in [6, 6.07) is 0. The molecule has 0 saturated carbocycles. The lowest BCUT2D eigenvalue weighted by Gasteiger charge is -2.17. The molecule has 3 rings (SSSR count). The summed E-state index contributed by atoms with van der Waals surface area (Å²) < 4.78 is 6.71. The lowest BCUT2D eigenvalue weighted by molar-refractivity contribution is -0.0521. The van der Waals surface area contributed by atoms with Crippen LogP contribution in [0.4, 0.5) is 0 Å². The molecule has 0 radical (unpaired) electrons. The quantitative estimate of drug-likeness (QED) is 0.379. The summed E-state index contributed by atoms with van der Waals surface area (Å²) in [5.41, 5.74) is -1.46. The summed E-state index contributed by atoms with van der Waals surface area (Å²) in [7, 11) is 0. The third-order valence-corrected chi connectivity index (χ3v) is 3.87. The van der Waals surface area contributed by atoms with Crippen LogP contribution < -0.4 is 11.2 Å². The van der Waals surface area contributed by atoms with Crippen LogP contribution in [0.5, 0.6) is 0 Å². The van der Waals surface area contributed by atoms with Crippen LogP contribution in [0.25, 0.3) is 11.2 Å². The van der Waals surface area contributed by atoms with Gasteiger partial charge in [0, 0.05) is 0 Å². The molecule has 11 heteroatoms. The smallest absolute Gasteiger partial charge is 0.327 e. The number of imidazole rings is 1. The average molecular weight is 363 g/mol. The van der Waals surface area contributed by atoms with Crippen molar-refractivity contribution in [2.24, 2.45) is 0 Å². The molecule has 2 aromatic rings. The molecule has 1 saturated heterocycles. The minimum atomic E-state index is -1.36. The first-order valence-corrected chi connectivity index (χ1v) is 6.76. The van der Waals surface area contributed by atoms with Gasteiger partial charge in [0.05, 0.1) is 6.61 Å². The number of hydrogen-bond acceptors (Lipinski definition) is 7. The molecule has 114 valence electrons. The molecule has 0 aliphatic carbocycles. The zero-order valence-electron chi connectivity index (χ0n) is 10.4. The Hall–Kier alpha value is -1.53. The van der Waals surface area contributed by atoms with E-state index >= 15 is 0 Å². The summed E-state index contributed by atoms with van der Waals surface area (Å²) in [6.45, 7) is -0.490. The highest BCUT2D eigenvalue weighted by Gasteiger charge is 2.44. The van der Waals surface area contributed by atoms with Gasteiger partial charge in [-0.1, -0.05) is 0 Å². The number of aromatic nitrogens is 4. The number of aliphatic hydroxyl groups excluding tert-OH is 3. The number of hydrogen-bond donors (Lipinski definition) is 5. The zero-order valence-corrected chi connectivity index (χ0v) is 11.9. The van der Waals surface area contributed by atoms with Gasteiger partial charge in [-0.05, 0) is 15.9 Å². The van der Waals surface area contributed by atoms with Gasteiger partial charge in [-0.25, -0.2) is 9.78 Å². The number of fused-ring (bicyclic) bond motifs is 1. The van der Waals surface area contributed by atoms with E-state index in [0.717, 1.165) is 0 Å². The van der Waals surface area contributed by atoms with E-state index in [1.807, 2.05) is 4.98 Å². The Morgan fingerprint density at radius 3 is 2.62 bits per heavy atom. The Kier molecular flexibility index (Phi) is 3.45. The molecular weight excluding hydrogens is 352 g/mol. The van der Waals surface area contributed by atoms with Crippen molar-refractivity contribution in [3.8, 4) is 0 Å². The predicted molar refractivity (Wildman–Crippen MR) is 71.7 cm³/mol. The van der Waals surface area contributed by atoms with Crippen molar-refractivity contribution in [3.63, 3.8) is 0 Å². The Labute approximate surface area is 124 Å². The maximum Gasteiger partial charge on any atom is 0.327 e. The van der Waals surface area contributed by atoms with Crippen LogP contribution in [0.2, 0.25) is 0 Å². The van der Waals surface area contributed by atoms with Crippen LogP contribution in [-0.4, -0.2) is 59.8 Å². The van der Waals surface area contributed by atoms with Crippen molar-refractivity contribution in [3.05, 3.63) is 25.6 Å². The highest BCUT2D eigenvalue weighted by atomic mass is 79.9. The number of nitrogens with one attached hydrogen (secondary N) is 2. The van der Waals surface area contributed by atoms with E-state index in [2.05, 4.69) is 25.9 Å². The first-order valence-electron chi connectivity index (χ1n) is 5.96. The van der Waals surface area contributed by atoms with Crippen molar-refractivity contribution < 1.29 is 20.1 Å². The van der Waals surface area contributed by atoms with E-state index in [1.54, 1.807) is 0 Å². The first kappa shape index (κ1) is 14.4. The van der Waals surface area contributed by atoms with Gasteiger partial charge in [0.1, 0.15) is 18.3 Å². The lowest BCUT2D eigenvalue weighted by Crippen LogP contribution is -2.33. The van der Waals surface area contributed by atoms with Crippen molar-refractivity contribution in [1.29, 1.82) is 0 Å². The number of rotatable bonds is 2. The van der Waals surface area contributed by atoms with E-state index in [4.69, 9.17) is 9.84 Å². The fraction of sp³-hybridized carbons (Fsp3) is 0.500.